The molecule has 8 heteroatoms. The first-order valence-corrected chi connectivity index (χ1v) is 10.5. The van der Waals surface area contributed by atoms with Crippen molar-refractivity contribution in [2.45, 2.75) is 37.5 Å². The van der Waals surface area contributed by atoms with E-state index in [1.165, 1.54) is 17.7 Å². The first-order chi connectivity index (χ1) is 12.9. The van der Waals surface area contributed by atoms with Gasteiger partial charge in [0.25, 0.3) is 0 Å². The van der Waals surface area contributed by atoms with Crippen LogP contribution in [0.1, 0.15) is 36.8 Å². The molecule has 0 aliphatic carbocycles. The molecule has 0 aliphatic heterocycles. The highest BCUT2D eigenvalue weighted by Gasteiger charge is 2.16. The molecule has 0 bridgehead atoms. The number of hydrogen-bond acceptors (Lipinski definition) is 4. The molecule has 154 valence electrons. The van der Waals surface area contributed by atoms with Crippen LogP contribution in [0.4, 0.5) is 5.69 Å². The van der Waals surface area contributed by atoms with Gasteiger partial charge in [0.15, 0.2) is 0 Å². The molecule has 4 N–H and O–H groups in total. The molecule has 2 rings (SSSR count). The van der Waals surface area contributed by atoms with Crippen molar-refractivity contribution >= 4 is 34.0 Å². The van der Waals surface area contributed by atoms with Gasteiger partial charge in [0.05, 0.1) is 4.90 Å². The Morgan fingerprint density at radius 2 is 1.82 bits per heavy atom. The summed E-state index contributed by atoms with van der Waals surface area (Å²) in [5.41, 5.74) is 8.10. The van der Waals surface area contributed by atoms with Gasteiger partial charge in [-0.05, 0) is 43.0 Å². The van der Waals surface area contributed by atoms with E-state index in [2.05, 4.69) is 10.0 Å². The van der Waals surface area contributed by atoms with Crippen molar-refractivity contribution in [3.05, 3.63) is 59.7 Å². The Kier molecular flexibility index (Phi) is 9.61. The standard InChI is InChI=1S/C20H27N3O3S.ClH/c1-3-16(17-9-7-15(2)8-10-17)13-20(24)23-18-5-4-6-19(14-18)27(25,26)22-12-11-21;/h4-10,14,16,22H,3,11-13,21H2,1-2H3,(H,23,24);1H. The average molecular weight is 426 g/mol. The molecule has 6 nitrogen and oxygen atoms in total. The van der Waals surface area contributed by atoms with Gasteiger partial charge in [-0.25, -0.2) is 13.1 Å². The summed E-state index contributed by atoms with van der Waals surface area (Å²) in [6.45, 7) is 4.45. The minimum absolute atomic E-state index is 0. The van der Waals surface area contributed by atoms with Gasteiger partial charge in [0.1, 0.15) is 0 Å². The van der Waals surface area contributed by atoms with Crippen LogP contribution in [0.5, 0.6) is 0 Å². The van der Waals surface area contributed by atoms with Crippen LogP contribution in [0.2, 0.25) is 0 Å². The normalized spacial score (nSPS) is 12.1. The maximum absolute atomic E-state index is 12.5. The third-order valence-corrected chi connectivity index (χ3v) is 5.80. The van der Waals surface area contributed by atoms with E-state index in [0.29, 0.717) is 12.1 Å². The van der Waals surface area contributed by atoms with Gasteiger partial charge in [-0.15, -0.1) is 12.4 Å². The molecule has 1 unspecified atom stereocenters. The van der Waals surface area contributed by atoms with Crippen LogP contribution >= 0.6 is 12.4 Å². The Labute approximate surface area is 173 Å². The van der Waals surface area contributed by atoms with E-state index < -0.39 is 10.0 Å². The van der Waals surface area contributed by atoms with Crippen molar-refractivity contribution in [2.75, 3.05) is 18.4 Å². The Balaban J connectivity index is 0.00000392. The second-order valence-corrected chi connectivity index (χ2v) is 8.25. The maximum atomic E-state index is 12.5. The predicted octanol–water partition coefficient (Wildman–Crippen LogP) is 3.18. The monoisotopic (exact) mass is 425 g/mol. The van der Waals surface area contributed by atoms with E-state index in [-0.39, 0.29) is 42.2 Å². The van der Waals surface area contributed by atoms with Crippen LogP contribution < -0.4 is 15.8 Å². The Hall–Kier alpha value is -1.93. The summed E-state index contributed by atoms with van der Waals surface area (Å²) in [5.74, 6) is -0.0318. The van der Waals surface area contributed by atoms with Crippen molar-refractivity contribution in [3.63, 3.8) is 0 Å². The number of benzene rings is 2. The highest BCUT2D eigenvalue weighted by Crippen LogP contribution is 2.24. The number of carbonyl (C=O) groups is 1. The quantitative estimate of drug-likeness (QED) is 0.574. The molecule has 0 spiro atoms. The smallest absolute Gasteiger partial charge is 0.240 e. The van der Waals surface area contributed by atoms with Crippen LogP contribution in [-0.2, 0) is 14.8 Å². The lowest BCUT2D eigenvalue weighted by molar-refractivity contribution is -0.116. The molecule has 0 saturated heterocycles. The average Bonchev–Trinajstić information content (AvgIpc) is 2.65. The van der Waals surface area contributed by atoms with Crippen LogP contribution in [0.3, 0.4) is 0 Å². The molecular weight excluding hydrogens is 398 g/mol. The van der Waals surface area contributed by atoms with Crippen molar-refractivity contribution in [1.29, 1.82) is 0 Å². The van der Waals surface area contributed by atoms with E-state index in [4.69, 9.17) is 5.73 Å². The van der Waals surface area contributed by atoms with Gasteiger partial charge in [-0.1, -0.05) is 42.8 Å². The first-order valence-electron chi connectivity index (χ1n) is 9.02. The summed E-state index contributed by atoms with van der Waals surface area (Å²) >= 11 is 0. The minimum atomic E-state index is -3.64. The van der Waals surface area contributed by atoms with Gasteiger partial charge in [-0.3, -0.25) is 4.79 Å². The lowest BCUT2D eigenvalue weighted by Gasteiger charge is -2.16. The molecule has 0 aromatic heterocycles. The van der Waals surface area contributed by atoms with Crippen molar-refractivity contribution in [3.8, 4) is 0 Å². The largest absolute Gasteiger partial charge is 0.329 e. The van der Waals surface area contributed by atoms with Gasteiger partial charge in [0, 0.05) is 25.2 Å². The fourth-order valence-electron chi connectivity index (χ4n) is 2.79. The lowest BCUT2D eigenvalue weighted by atomic mass is 9.92. The SMILES string of the molecule is CCC(CC(=O)Nc1cccc(S(=O)(=O)NCCN)c1)c1ccc(C)cc1.Cl. The van der Waals surface area contributed by atoms with E-state index in [9.17, 15) is 13.2 Å². The number of anilines is 1. The third-order valence-electron chi connectivity index (χ3n) is 4.34. The zero-order valence-corrected chi connectivity index (χ0v) is 17.8. The molecule has 1 atom stereocenters. The van der Waals surface area contributed by atoms with Crippen molar-refractivity contribution in [2.24, 2.45) is 5.73 Å². The van der Waals surface area contributed by atoms with Crippen molar-refractivity contribution in [1.82, 2.24) is 4.72 Å². The molecule has 2 aromatic carbocycles. The molecule has 0 fully saturated rings. The van der Waals surface area contributed by atoms with Crippen molar-refractivity contribution < 1.29 is 13.2 Å². The highest BCUT2D eigenvalue weighted by molar-refractivity contribution is 7.89. The third kappa shape index (κ3) is 6.91. The van der Waals surface area contributed by atoms with Crippen LogP contribution in [0.25, 0.3) is 0 Å². The highest BCUT2D eigenvalue weighted by atomic mass is 35.5. The Morgan fingerprint density at radius 3 is 2.43 bits per heavy atom. The summed E-state index contributed by atoms with van der Waals surface area (Å²) in [6, 6.07) is 14.4. The first kappa shape index (κ1) is 24.1. The fraction of sp³-hybridized carbons (Fsp3) is 0.350. The number of carbonyl (C=O) groups excluding carboxylic acids is 1. The summed E-state index contributed by atoms with van der Waals surface area (Å²) in [5, 5.41) is 2.80. The number of aryl methyl sites for hydroxylation is 1. The Bertz CT molecular complexity index is 871. The van der Waals surface area contributed by atoms with Crippen LogP contribution in [0, 0.1) is 6.92 Å². The van der Waals surface area contributed by atoms with Gasteiger partial charge < -0.3 is 11.1 Å². The number of nitrogens with two attached hydrogens (primary N) is 1. The zero-order valence-electron chi connectivity index (χ0n) is 16.1. The molecular formula is C20H28ClN3O3S. The molecule has 28 heavy (non-hydrogen) atoms. The van der Waals surface area contributed by atoms with E-state index in [1.807, 2.05) is 38.1 Å². The summed E-state index contributed by atoms with van der Waals surface area (Å²) < 4.78 is 26.8. The van der Waals surface area contributed by atoms with Gasteiger partial charge in [-0.2, -0.15) is 0 Å². The van der Waals surface area contributed by atoms with Crippen LogP contribution in [-0.4, -0.2) is 27.4 Å². The molecule has 0 radical (unpaired) electrons. The number of sulfonamides is 1. The number of hydrogen-bond donors (Lipinski definition) is 3. The van der Waals surface area contributed by atoms with E-state index in [0.717, 1.165) is 12.0 Å². The van der Waals surface area contributed by atoms with Gasteiger partial charge in [0.2, 0.25) is 15.9 Å². The van der Waals surface area contributed by atoms with Gasteiger partial charge >= 0.3 is 0 Å². The molecule has 0 heterocycles. The fourth-order valence-corrected chi connectivity index (χ4v) is 3.88. The minimum Gasteiger partial charge on any atom is -0.329 e. The summed E-state index contributed by atoms with van der Waals surface area (Å²) in [7, 11) is -3.64. The lowest BCUT2D eigenvalue weighted by Crippen LogP contribution is -2.29. The summed E-state index contributed by atoms with van der Waals surface area (Å²) in [4.78, 5) is 12.6. The second-order valence-electron chi connectivity index (χ2n) is 6.48. The number of rotatable bonds is 9. The predicted molar refractivity (Wildman–Crippen MR) is 115 cm³/mol. The number of amides is 1. The van der Waals surface area contributed by atoms with E-state index >= 15 is 0 Å². The topological polar surface area (TPSA) is 101 Å². The molecule has 2 aromatic rings. The maximum Gasteiger partial charge on any atom is 0.240 e. The number of nitrogens with one attached hydrogen (secondary N) is 2. The van der Waals surface area contributed by atoms with E-state index in [1.54, 1.807) is 12.1 Å². The Morgan fingerprint density at radius 1 is 1.14 bits per heavy atom. The molecule has 0 aliphatic rings. The van der Waals surface area contributed by atoms with Crippen LogP contribution in [0.15, 0.2) is 53.4 Å². The zero-order chi connectivity index (χ0) is 19.9. The summed E-state index contributed by atoms with van der Waals surface area (Å²) in [6.07, 6.45) is 1.18. The number of halogens is 1. The molecule has 1 amide bonds. The molecule has 0 saturated carbocycles. The second kappa shape index (κ2) is 11.2.